The lowest BCUT2D eigenvalue weighted by atomic mass is 9.88. The summed E-state index contributed by atoms with van der Waals surface area (Å²) in [5.41, 5.74) is 13.0. The van der Waals surface area contributed by atoms with Gasteiger partial charge in [-0.1, -0.05) is 23.4 Å². The lowest BCUT2D eigenvalue weighted by Crippen LogP contribution is -2.49. The largest absolute Gasteiger partial charge is 0.439 e. The molecule has 346 valence electrons. The fraction of sp³-hybridized carbons (Fsp3) is 0.521. The fourth-order valence-corrected chi connectivity index (χ4v) is 10.3. The van der Waals surface area contributed by atoms with E-state index in [1.807, 2.05) is 47.8 Å². The Labute approximate surface area is 383 Å². The van der Waals surface area contributed by atoms with Crippen LogP contribution in [-0.2, 0) is 19.1 Å². The van der Waals surface area contributed by atoms with Crippen LogP contribution >= 0.6 is 0 Å². The van der Waals surface area contributed by atoms with Crippen LogP contribution in [0.2, 0.25) is 0 Å². The summed E-state index contributed by atoms with van der Waals surface area (Å²) in [5.74, 6) is 1.49. The minimum absolute atomic E-state index is 0.0385. The van der Waals surface area contributed by atoms with E-state index in [4.69, 9.17) is 25.1 Å². The van der Waals surface area contributed by atoms with Gasteiger partial charge in [0.1, 0.15) is 35.3 Å². The van der Waals surface area contributed by atoms with Crippen LogP contribution < -0.4 is 16.4 Å². The Hall–Kier alpha value is -6.43. The lowest BCUT2D eigenvalue weighted by molar-refractivity contribution is -0.136. The third-order valence-corrected chi connectivity index (χ3v) is 14.3. The van der Waals surface area contributed by atoms with E-state index in [9.17, 15) is 19.2 Å². The summed E-state index contributed by atoms with van der Waals surface area (Å²) < 4.78 is 13.4. The van der Waals surface area contributed by atoms with Crippen LogP contribution in [-0.4, -0.2) is 126 Å². The lowest BCUT2D eigenvalue weighted by Gasteiger charge is -2.42. The molecule has 4 saturated heterocycles. The topological polar surface area (TPSA) is 220 Å². The molecule has 66 heavy (non-hydrogen) atoms. The number of fused-ring (bicyclic) bond motifs is 1. The van der Waals surface area contributed by atoms with E-state index in [1.165, 1.54) is 11.9 Å². The molecule has 4 aliphatic heterocycles. The second kappa shape index (κ2) is 18.5. The van der Waals surface area contributed by atoms with E-state index in [0.29, 0.717) is 79.2 Å². The molecule has 0 spiro atoms. The average molecular weight is 899 g/mol. The van der Waals surface area contributed by atoms with Crippen molar-refractivity contribution in [3.8, 4) is 22.6 Å². The first-order valence-electron chi connectivity index (χ1n) is 23.7. The third-order valence-electron chi connectivity index (χ3n) is 14.3. The molecule has 18 nitrogen and oxygen atoms in total. The van der Waals surface area contributed by atoms with E-state index in [-0.39, 0.29) is 42.2 Å². The fourth-order valence-electron chi connectivity index (χ4n) is 10.3. The normalized spacial score (nSPS) is 20.6. The highest BCUT2D eigenvalue weighted by Gasteiger charge is 2.37. The maximum absolute atomic E-state index is 13.2. The molecule has 4 aromatic heterocycles. The predicted molar refractivity (Wildman–Crippen MR) is 245 cm³/mol. The first-order valence-corrected chi connectivity index (χ1v) is 23.7. The first-order chi connectivity index (χ1) is 32.1. The van der Waals surface area contributed by atoms with E-state index < -0.39 is 12.1 Å². The van der Waals surface area contributed by atoms with Gasteiger partial charge in [-0.05, 0) is 126 Å². The average Bonchev–Trinajstić information content (AvgIpc) is 3.97. The van der Waals surface area contributed by atoms with Crippen molar-refractivity contribution in [3.63, 3.8) is 0 Å². The number of carbonyl (C=O) groups is 4. The summed E-state index contributed by atoms with van der Waals surface area (Å²) in [7, 11) is 0. The van der Waals surface area contributed by atoms with Crippen molar-refractivity contribution in [2.24, 2.45) is 0 Å². The Morgan fingerprint density at radius 1 is 0.818 bits per heavy atom. The number of benzene rings is 1. The van der Waals surface area contributed by atoms with Crippen LogP contribution in [0.5, 0.6) is 0 Å². The Kier molecular flexibility index (Phi) is 12.2. The smallest absolute Gasteiger partial charge is 0.410 e. The molecule has 0 radical (unpaired) electrons. The molecule has 1 unspecified atom stereocenters. The molecule has 0 bridgehead atoms. The number of nitrogens with one attached hydrogen (secondary N) is 2. The number of piperidine rings is 4. The van der Waals surface area contributed by atoms with E-state index in [2.05, 4.69) is 48.9 Å². The first kappa shape index (κ1) is 43.5. The summed E-state index contributed by atoms with van der Waals surface area (Å²) in [6.07, 6.45) is 11.3. The maximum Gasteiger partial charge on any atom is 0.410 e. The van der Waals surface area contributed by atoms with Gasteiger partial charge in [-0.25, -0.2) is 19.4 Å². The highest BCUT2D eigenvalue weighted by Crippen LogP contribution is 2.48. The van der Waals surface area contributed by atoms with Gasteiger partial charge in [0.15, 0.2) is 12.3 Å². The van der Waals surface area contributed by atoms with Crippen molar-refractivity contribution in [3.05, 3.63) is 65.8 Å². The number of amides is 4. The number of rotatable bonds is 11. The number of nitrogens with two attached hydrogens (primary N) is 1. The van der Waals surface area contributed by atoms with Gasteiger partial charge in [-0.2, -0.15) is 5.10 Å². The monoisotopic (exact) mass is 898 g/mol. The summed E-state index contributed by atoms with van der Waals surface area (Å²) >= 11 is 0. The van der Waals surface area contributed by atoms with Gasteiger partial charge < -0.3 is 35.0 Å². The van der Waals surface area contributed by atoms with Crippen molar-refractivity contribution < 1.29 is 28.4 Å². The van der Waals surface area contributed by atoms with Gasteiger partial charge in [0.05, 0.1) is 16.6 Å². The van der Waals surface area contributed by atoms with Crippen LogP contribution in [0.15, 0.2) is 53.4 Å². The minimum atomic E-state index is -0.445. The summed E-state index contributed by atoms with van der Waals surface area (Å²) in [4.78, 5) is 69.8. The number of hydrogen-bond acceptors (Lipinski definition) is 14. The van der Waals surface area contributed by atoms with E-state index in [0.717, 1.165) is 92.7 Å². The maximum atomic E-state index is 13.2. The van der Waals surface area contributed by atoms with E-state index in [1.54, 1.807) is 4.90 Å². The van der Waals surface area contributed by atoms with Gasteiger partial charge in [0.2, 0.25) is 11.8 Å². The Bertz CT molecular complexity index is 2580. The Morgan fingerprint density at radius 3 is 2.20 bits per heavy atom. The molecule has 4 amide bonds. The summed E-state index contributed by atoms with van der Waals surface area (Å²) in [6, 6.07) is 12.5. The Balaban J connectivity index is 0.669. The highest BCUT2D eigenvalue weighted by atomic mass is 16.6. The second-order valence-electron chi connectivity index (χ2n) is 18.9. The third kappa shape index (κ3) is 8.94. The number of anilines is 2. The number of likely N-dealkylation sites (tertiary alicyclic amines) is 3. The highest BCUT2D eigenvalue weighted by molar-refractivity contribution is 6.02. The number of hydrogen-bond donors (Lipinski definition) is 3. The van der Waals surface area contributed by atoms with Crippen molar-refractivity contribution in [1.82, 2.24) is 49.9 Å². The number of aromatic nitrogens is 6. The minimum Gasteiger partial charge on any atom is -0.439 e. The van der Waals surface area contributed by atoms with Crippen LogP contribution in [0, 0.1) is 0 Å². The molecule has 1 aliphatic carbocycles. The number of carbonyl (C=O) groups excluding carboxylic acids is 4. The van der Waals surface area contributed by atoms with Crippen molar-refractivity contribution in [1.29, 1.82) is 0 Å². The summed E-state index contributed by atoms with van der Waals surface area (Å²) in [6.45, 7) is 8.23. The predicted octanol–water partition coefficient (Wildman–Crippen LogP) is 5.99. The molecule has 5 aromatic rings. The molecule has 8 heterocycles. The molecule has 18 heteroatoms. The van der Waals surface area contributed by atoms with Gasteiger partial charge >= 0.3 is 6.09 Å². The number of nitrogens with zero attached hydrogens (tertiary/aromatic N) is 9. The van der Waals surface area contributed by atoms with E-state index >= 15 is 0 Å². The second-order valence-corrected chi connectivity index (χ2v) is 18.9. The van der Waals surface area contributed by atoms with Crippen LogP contribution in [0.25, 0.3) is 33.7 Å². The number of ether oxygens (including phenoxy) is 1. The van der Waals surface area contributed by atoms with Crippen LogP contribution in [0.4, 0.5) is 16.3 Å². The standard InChI is InChI=1S/C48H58N12O6/c1-28(2)60-46-41(45(49)51-27-52-46)42(55-60)43-40(44(66-56-43)32-3-4-32)36-10-7-33(25-50-36)31-15-21-59(22-16-31)48(64)65-26-39(62)58-23-17-35(18-24-58)57-19-13-30(14-20-57)29-5-8-34(9-6-29)53-37-11-12-38(61)54-47(37)63/h5-10,25,27-28,30-32,35,37,53H,3-4,11-24,26H2,1-2H3,(H2,49,51,52)(H,54,61,63). The molecule has 5 fully saturated rings. The van der Waals surface area contributed by atoms with Crippen molar-refractivity contribution >= 4 is 46.4 Å². The van der Waals surface area contributed by atoms with Crippen molar-refractivity contribution in [2.75, 3.05) is 56.9 Å². The van der Waals surface area contributed by atoms with Gasteiger partial charge in [0.25, 0.3) is 5.91 Å². The quantitative estimate of drug-likeness (QED) is 0.130. The zero-order chi connectivity index (χ0) is 45.5. The molecule has 4 N–H and O–H groups in total. The summed E-state index contributed by atoms with van der Waals surface area (Å²) in [5, 5.41) is 15.7. The Morgan fingerprint density at radius 2 is 1.52 bits per heavy atom. The molecule has 5 aliphatic rings. The SMILES string of the molecule is CC(C)n1nc(-c2noc(C3CC3)c2-c2ccc(C3CCN(C(=O)OCC(=O)N4CCC(N5CCC(c6ccc(NC7CCC(=O)NC7=O)cc6)CC5)CC4)CC3)cn2)c2c(N)ncnc21. The van der Waals surface area contributed by atoms with Gasteiger partial charge in [0, 0.05) is 62.5 Å². The molecular formula is C48H58N12O6. The molecular weight excluding hydrogens is 841 g/mol. The number of imide groups is 1. The molecule has 10 rings (SSSR count). The molecule has 1 atom stereocenters. The van der Waals surface area contributed by atoms with Crippen LogP contribution in [0.3, 0.4) is 0 Å². The number of nitrogen functional groups attached to an aromatic ring is 1. The van der Waals surface area contributed by atoms with Crippen molar-refractivity contribution in [2.45, 2.75) is 114 Å². The zero-order valence-corrected chi connectivity index (χ0v) is 37.7. The van der Waals surface area contributed by atoms with Gasteiger partial charge in [-0.3, -0.25) is 24.7 Å². The van der Waals surface area contributed by atoms with Gasteiger partial charge in [-0.15, -0.1) is 0 Å². The zero-order valence-electron chi connectivity index (χ0n) is 37.7. The molecule has 1 aromatic carbocycles. The molecule has 1 saturated carbocycles. The van der Waals surface area contributed by atoms with Crippen LogP contribution in [0.1, 0.15) is 119 Å². The number of pyridine rings is 1.